The summed E-state index contributed by atoms with van der Waals surface area (Å²) in [6.45, 7) is 1.41. The van der Waals surface area contributed by atoms with Gasteiger partial charge in [0, 0.05) is 45.2 Å². The third-order valence-electron chi connectivity index (χ3n) is 5.44. The Hall–Kier alpha value is -2.72. The molecule has 2 aliphatic heterocycles. The summed E-state index contributed by atoms with van der Waals surface area (Å²) in [6.07, 6.45) is -1.77. The molecule has 0 aliphatic carbocycles. The Morgan fingerprint density at radius 2 is 1.96 bits per heavy atom. The summed E-state index contributed by atoms with van der Waals surface area (Å²) in [5.74, 6) is -1.72. The van der Waals surface area contributed by atoms with E-state index in [1.54, 1.807) is 22.9 Å². The Morgan fingerprint density at radius 1 is 1.25 bits per heavy atom. The van der Waals surface area contributed by atoms with Crippen molar-refractivity contribution in [3.63, 3.8) is 0 Å². The van der Waals surface area contributed by atoms with E-state index in [1.807, 2.05) is 0 Å². The van der Waals surface area contributed by atoms with Crippen LogP contribution in [0.2, 0.25) is 0 Å². The summed E-state index contributed by atoms with van der Waals surface area (Å²) in [5, 5.41) is 3.59. The van der Waals surface area contributed by atoms with Crippen LogP contribution in [-0.4, -0.2) is 67.9 Å². The molecule has 0 bridgehead atoms. The van der Waals surface area contributed by atoms with Crippen LogP contribution in [0, 0.1) is 5.92 Å². The van der Waals surface area contributed by atoms with Crippen LogP contribution in [0.1, 0.15) is 36.7 Å². The lowest BCUT2D eigenvalue weighted by atomic mass is 9.92. The molecule has 0 saturated carbocycles. The SMILES string of the molecule is CN1C[C@@H](C(=O)N2CCC(c3ccnc4nc(C(F)(F)F)nn34)CC2)CC1=O. The van der Waals surface area contributed by atoms with Gasteiger partial charge in [-0.25, -0.2) is 9.50 Å². The summed E-state index contributed by atoms with van der Waals surface area (Å²) < 4.78 is 39.9. The van der Waals surface area contributed by atoms with Gasteiger partial charge in [0.1, 0.15) is 0 Å². The lowest BCUT2D eigenvalue weighted by Gasteiger charge is -2.33. The highest BCUT2D eigenvalue weighted by Crippen LogP contribution is 2.31. The lowest BCUT2D eigenvalue weighted by Crippen LogP contribution is -2.42. The maximum absolute atomic E-state index is 12.9. The highest BCUT2D eigenvalue weighted by atomic mass is 19.4. The number of fused-ring (bicyclic) bond motifs is 1. The number of hydrogen-bond donors (Lipinski definition) is 0. The second-order valence-corrected chi connectivity index (χ2v) is 7.29. The molecule has 2 aromatic rings. The first-order valence-electron chi connectivity index (χ1n) is 9.05. The smallest absolute Gasteiger partial charge is 0.345 e. The molecule has 0 N–H and O–H groups in total. The molecule has 2 aromatic heterocycles. The minimum absolute atomic E-state index is 0.0286. The van der Waals surface area contributed by atoms with Gasteiger partial charge in [0.05, 0.1) is 11.6 Å². The Morgan fingerprint density at radius 3 is 2.57 bits per heavy atom. The summed E-state index contributed by atoms with van der Waals surface area (Å²) in [6, 6.07) is 1.65. The lowest BCUT2D eigenvalue weighted by molar-refractivity contribution is -0.144. The van der Waals surface area contributed by atoms with Gasteiger partial charge in [-0.05, 0) is 18.9 Å². The normalized spacial score (nSPS) is 21.7. The number of nitrogens with zero attached hydrogens (tertiary/aromatic N) is 6. The van der Waals surface area contributed by atoms with Crippen molar-refractivity contribution in [3.05, 3.63) is 23.8 Å². The zero-order valence-electron chi connectivity index (χ0n) is 15.2. The van der Waals surface area contributed by atoms with Crippen molar-refractivity contribution < 1.29 is 22.8 Å². The minimum atomic E-state index is -4.63. The Labute approximate surface area is 158 Å². The van der Waals surface area contributed by atoms with Crippen LogP contribution >= 0.6 is 0 Å². The van der Waals surface area contributed by atoms with Gasteiger partial charge >= 0.3 is 6.18 Å². The molecule has 2 aliphatic rings. The molecule has 4 heterocycles. The van der Waals surface area contributed by atoms with E-state index in [0.29, 0.717) is 38.2 Å². The van der Waals surface area contributed by atoms with Crippen LogP contribution in [0.15, 0.2) is 12.3 Å². The number of carbonyl (C=O) groups is 2. The van der Waals surface area contributed by atoms with Crippen LogP contribution in [-0.2, 0) is 15.8 Å². The van der Waals surface area contributed by atoms with Gasteiger partial charge in [0.2, 0.25) is 11.8 Å². The van der Waals surface area contributed by atoms with Crippen molar-refractivity contribution in [1.82, 2.24) is 29.4 Å². The van der Waals surface area contributed by atoms with Crippen molar-refractivity contribution in [2.75, 3.05) is 26.7 Å². The van der Waals surface area contributed by atoms with Crippen LogP contribution in [0.5, 0.6) is 0 Å². The largest absolute Gasteiger partial charge is 0.453 e. The molecule has 8 nitrogen and oxygen atoms in total. The van der Waals surface area contributed by atoms with Gasteiger partial charge < -0.3 is 9.80 Å². The van der Waals surface area contributed by atoms with E-state index >= 15 is 0 Å². The number of likely N-dealkylation sites (tertiary alicyclic amines) is 2. The topological polar surface area (TPSA) is 83.7 Å². The Balaban J connectivity index is 1.47. The van der Waals surface area contributed by atoms with Gasteiger partial charge in [0.25, 0.3) is 11.6 Å². The van der Waals surface area contributed by atoms with Crippen molar-refractivity contribution >= 4 is 17.6 Å². The van der Waals surface area contributed by atoms with Gasteiger partial charge in [0.15, 0.2) is 0 Å². The monoisotopic (exact) mass is 396 g/mol. The number of alkyl halides is 3. The summed E-state index contributed by atoms with van der Waals surface area (Å²) in [4.78, 5) is 34.9. The molecule has 150 valence electrons. The maximum Gasteiger partial charge on any atom is 0.453 e. The number of piperidine rings is 1. The molecule has 1 atom stereocenters. The first-order valence-corrected chi connectivity index (χ1v) is 9.05. The second kappa shape index (κ2) is 6.71. The van der Waals surface area contributed by atoms with E-state index in [0.717, 1.165) is 4.52 Å². The molecular weight excluding hydrogens is 377 g/mol. The van der Waals surface area contributed by atoms with E-state index in [9.17, 15) is 22.8 Å². The number of rotatable bonds is 2. The van der Waals surface area contributed by atoms with E-state index in [-0.39, 0.29) is 35.8 Å². The average molecular weight is 396 g/mol. The van der Waals surface area contributed by atoms with Gasteiger partial charge in [-0.15, -0.1) is 5.10 Å². The third-order valence-corrected chi connectivity index (χ3v) is 5.44. The third kappa shape index (κ3) is 3.29. The number of aromatic nitrogens is 4. The Bertz CT molecular complexity index is 919. The quantitative estimate of drug-likeness (QED) is 0.765. The van der Waals surface area contributed by atoms with Crippen molar-refractivity contribution in [2.45, 2.75) is 31.4 Å². The van der Waals surface area contributed by atoms with Crippen molar-refractivity contribution in [2.24, 2.45) is 5.92 Å². The molecule has 0 spiro atoms. The number of hydrogen-bond acceptors (Lipinski definition) is 5. The summed E-state index contributed by atoms with van der Waals surface area (Å²) in [7, 11) is 1.68. The molecule has 0 aromatic carbocycles. The van der Waals surface area contributed by atoms with E-state index in [1.165, 1.54) is 6.20 Å². The fourth-order valence-corrected chi connectivity index (χ4v) is 3.92. The molecule has 11 heteroatoms. The predicted molar refractivity (Wildman–Crippen MR) is 90.1 cm³/mol. The van der Waals surface area contributed by atoms with Crippen LogP contribution in [0.4, 0.5) is 13.2 Å². The molecule has 2 saturated heterocycles. The Kier molecular flexibility index (Phi) is 4.47. The number of amides is 2. The molecular formula is C17H19F3N6O2. The zero-order chi connectivity index (χ0) is 20.1. The van der Waals surface area contributed by atoms with Crippen molar-refractivity contribution in [3.8, 4) is 0 Å². The zero-order valence-corrected chi connectivity index (χ0v) is 15.2. The van der Waals surface area contributed by atoms with Gasteiger partial charge in [-0.2, -0.15) is 18.2 Å². The molecule has 0 unspecified atom stereocenters. The first kappa shape index (κ1) is 18.6. The molecule has 2 amide bonds. The molecule has 0 radical (unpaired) electrons. The standard InChI is InChI=1S/C17H19F3N6O2/c1-24-9-11(8-13(24)27)14(28)25-6-3-10(4-7-25)12-2-5-21-16-22-15(17(18,19)20)23-26(12)16/h2,5,10-11H,3-4,6-9H2,1H3/t11-/m0/s1. The first-order chi connectivity index (χ1) is 13.2. The summed E-state index contributed by atoms with van der Waals surface area (Å²) >= 11 is 0. The maximum atomic E-state index is 12.9. The van der Waals surface area contributed by atoms with Crippen LogP contribution in [0.3, 0.4) is 0 Å². The highest BCUT2D eigenvalue weighted by molar-refractivity contribution is 5.89. The fraction of sp³-hybridized carbons (Fsp3) is 0.588. The molecule has 4 rings (SSSR count). The molecule has 2 fully saturated rings. The van der Waals surface area contributed by atoms with Gasteiger partial charge in [-0.3, -0.25) is 9.59 Å². The van der Waals surface area contributed by atoms with Crippen LogP contribution in [0.25, 0.3) is 5.78 Å². The van der Waals surface area contributed by atoms with Gasteiger partial charge in [-0.1, -0.05) is 0 Å². The van der Waals surface area contributed by atoms with Crippen LogP contribution < -0.4 is 0 Å². The number of carbonyl (C=O) groups excluding carboxylic acids is 2. The minimum Gasteiger partial charge on any atom is -0.345 e. The molecule has 28 heavy (non-hydrogen) atoms. The second-order valence-electron chi connectivity index (χ2n) is 7.29. The van der Waals surface area contributed by atoms with E-state index in [4.69, 9.17) is 0 Å². The van der Waals surface area contributed by atoms with Crippen molar-refractivity contribution in [1.29, 1.82) is 0 Å². The van der Waals surface area contributed by atoms with E-state index in [2.05, 4.69) is 15.1 Å². The average Bonchev–Trinajstić information content (AvgIpc) is 3.25. The highest BCUT2D eigenvalue weighted by Gasteiger charge is 2.38. The van der Waals surface area contributed by atoms with E-state index < -0.39 is 12.0 Å². The summed E-state index contributed by atoms with van der Waals surface area (Å²) in [5.41, 5.74) is 0.607. The fourth-order valence-electron chi connectivity index (χ4n) is 3.92. The number of halogens is 3. The predicted octanol–water partition coefficient (Wildman–Crippen LogP) is 1.33.